The van der Waals surface area contributed by atoms with Crippen molar-refractivity contribution < 1.29 is 23.8 Å². The van der Waals surface area contributed by atoms with Crippen molar-refractivity contribution in [3.8, 4) is 5.75 Å². The fraction of sp³-hybridized carbons (Fsp3) is 0.409. The van der Waals surface area contributed by atoms with E-state index in [4.69, 9.17) is 4.74 Å². The normalized spacial score (nSPS) is 24.5. The zero-order valence-corrected chi connectivity index (χ0v) is 17.0. The number of carbonyl (C=O) groups is 2. The summed E-state index contributed by atoms with van der Waals surface area (Å²) >= 11 is 0. The molecule has 1 aliphatic carbocycles. The predicted octanol–water partition coefficient (Wildman–Crippen LogP) is 1.49. The van der Waals surface area contributed by atoms with Crippen LogP contribution in [0.25, 0.3) is 0 Å². The molecule has 8 nitrogen and oxygen atoms in total. The van der Waals surface area contributed by atoms with Crippen LogP contribution in [0.5, 0.6) is 5.75 Å². The van der Waals surface area contributed by atoms with Gasteiger partial charge in [0.2, 0.25) is 0 Å². The first-order valence-corrected chi connectivity index (χ1v) is 10.3. The molecular formula is C22H22FN3O5. The van der Waals surface area contributed by atoms with Gasteiger partial charge in [0.05, 0.1) is 11.7 Å². The van der Waals surface area contributed by atoms with Gasteiger partial charge < -0.3 is 20.1 Å². The van der Waals surface area contributed by atoms with E-state index in [1.807, 2.05) is 0 Å². The Morgan fingerprint density at radius 3 is 2.71 bits per heavy atom. The summed E-state index contributed by atoms with van der Waals surface area (Å²) in [5.41, 5.74) is -0.693. The number of aromatic nitrogens is 1. The molecule has 162 valence electrons. The molecule has 0 bridgehead atoms. The fourth-order valence-corrected chi connectivity index (χ4v) is 5.25. The topological polar surface area (TPSA) is 101 Å². The minimum absolute atomic E-state index is 0.122. The molecule has 1 spiro atoms. The Hall–Kier alpha value is -3.20. The Labute approximate surface area is 177 Å². The van der Waals surface area contributed by atoms with E-state index in [0.717, 1.165) is 12.0 Å². The van der Waals surface area contributed by atoms with Gasteiger partial charge in [0, 0.05) is 25.8 Å². The first kappa shape index (κ1) is 19.7. The smallest absolute Gasteiger partial charge is 0.296 e. The van der Waals surface area contributed by atoms with E-state index in [0.29, 0.717) is 31.4 Å². The monoisotopic (exact) mass is 427 g/mol. The Morgan fingerprint density at radius 2 is 2.00 bits per heavy atom. The van der Waals surface area contributed by atoms with Crippen LogP contribution in [0, 0.1) is 5.82 Å². The first-order valence-electron chi connectivity index (χ1n) is 10.3. The van der Waals surface area contributed by atoms with Gasteiger partial charge in [-0.1, -0.05) is 12.1 Å². The summed E-state index contributed by atoms with van der Waals surface area (Å²) in [6.45, 7) is 0.514. The molecule has 2 amide bonds. The van der Waals surface area contributed by atoms with Gasteiger partial charge >= 0.3 is 0 Å². The molecule has 2 aromatic rings. The number of carbonyl (C=O) groups excluding carboxylic acids is 2. The number of methoxy groups -OCH3 is 1. The minimum Gasteiger partial charge on any atom is -0.502 e. The Balaban J connectivity index is 1.60. The van der Waals surface area contributed by atoms with Crippen molar-refractivity contribution >= 4 is 11.8 Å². The largest absolute Gasteiger partial charge is 0.502 e. The highest BCUT2D eigenvalue weighted by atomic mass is 19.1. The molecule has 31 heavy (non-hydrogen) atoms. The number of rotatable bonds is 3. The first-order chi connectivity index (χ1) is 14.9. The van der Waals surface area contributed by atoms with Crippen LogP contribution in [0.15, 0.2) is 29.1 Å². The number of ether oxygens (including phenoxy) is 1. The molecule has 3 heterocycles. The maximum absolute atomic E-state index is 13.2. The third-order valence-electron chi connectivity index (χ3n) is 6.66. The van der Waals surface area contributed by atoms with E-state index >= 15 is 0 Å². The van der Waals surface area contributed by atoms with E-state index in [1.165, 1.54) is 28.7 Å². The molecule has 1 aromatic heterocycles. The lowest BCUT2D eigenvalue weighted by Gasteiger charge is -2.34. The lowest BCUT2D eigenvalue weighted by molar-refractivity contribution is 0.00677. The van der Waals surface area contributed by atoms with E-state index in [2.05, 4.69) is 5.32 Å². The molecule has 0 saturated heterocycles. The third kappa shape index (κ3) is 2.72. The van der Waals surface area contributed by atoms with E-state index < -0.39 is 34.9 Å². The number of benzene rings is 1. The average Bonchev–Trinajstić information content (AvgIpc) is 3.29. The zero-order chi connectivity index (χ0) is 21.9. The van der Waals surface area contributed by atoms with Crippen molar-refractivity contribution in [2.75, 3.05) is 13.7 Å². The van der Waals surface area contributed by atoms with Gasteiger partial charge in [0.15, 0.2) is 5.75 Å². The van der Waals surface area contributed by atoms with Crippen LogP contribution in [-0.2, 0) is 23.4 Å². The van der Waals surface area contributed by atoms with Crippen molar-refractivity contribution in [2.24, 2.45) is 0 Å². The minimum atomic E-state index is -1.04. The molecule has 1 aromatic carbocycles. The molecule has 2 aliphatic heterocycles. The second-order valence-corrected chi connectivity index (χ2v) is 8.29. The molecule has 9 heteroatoms. The number of nitrogens with one attached hydrogen (secondary N) is 1. The number of halogens is 1. The van der Waals surface area contributed by atoms with Crippen LogP contribution < -0.4 is 10.9 Å². The number of fused-ring (bicyclic) bond motifs is 4. The average molecular weight is 427 g/mol. The quantitative estimate of drug-likeness (QED) is 0.773. The molecule has 3 aliphatic rings. The molecule has 0 radical (unpaired) electrons. The third-order valence-corrected chi connectivity index (χ3v) is 6.66. The van der Waals surface area contributed by atoms with Gasteiger partial charge in [-0.15, -0.1) is 0 Å². The highest BCUT2D eigenvalue weighted by molar-refractivity contribution is 6.05. The predicted molar refractivity (Wildman–Crippen MR) is 107 cm³/mol. The van der Waals surface area contributed by atoms with Crippen molar-refractivity contribution in [3.05, 3.63) is 62.8 Å². The summed E-state index contributed by atoms with van der Waals surface area (Å²) < 4.78 is 20.0. The number of nitrogens with zero attached hydrogens (tertiary/aromatic N) is 2. The lowest BCUT2D eigenvalue weighted by atomic mass is 9.95. The summed E-state index contributed by atoms with van der Waals surface area (Å²) in [4.78, 5) is 40.8. The molecule has 2 atom stereocenters. The highest BCUT2D eigenvalue weighted by Crippen LogP contribution is 2.42. The van der Waals surface area contributed by atoms with E-state index in [1.54, 1.807) is 12.1 Å². The molecule has 1 fully saturated rings. The van der Waals surface area contributed by atoms with Gasteiger partial charge in [0.25, 0.3) is 17.4 Å². The standard InChI is InChI=1S/C22H22FN3O5/c1-31-15-3-2-9-22(15)24-19(28)17-14-8-10-25(11-12-4-6-13(23)7-5-12)20(29)16(14)18(27)21(30)26(17)22/h4-7,15,27H,2-3,8-11H2,1H3,(H,24,28). The molecule has 2 N–H and O–H groups in total. The molecule has 5 rings (SSSR count). The number of pyridine rings is 1. The second-order valence-electron chi connectivity index (χ2n) is 8.29. The van der Waals surface area contributed by atoms with Crippen molar-refractivity contribution in [1.82, 2.24) is 14.8 Å². The summed E-state index contributed by atoms with van der Waals surface area (Å²) in [6.07, 6.45) is 1.85. The van der Waals surface area contributed by atoms with Gasteiger partial charge in [0.1, 0.15) is 17.2 Å². The number of hydrogen-bond acceptors (Lipinski definition) is 5. The van der Waals surface area contributed by atoms with Crippen LogP contribution in [-0.4, -0.2) is 46.1 Å². The Bertz CT molecular complexity index is 1160. The summed E-state index contributed by atoms with van der Waals surface area (Å²) in [5, 5.41) is 13.7. The van der Waals surface area contributed by atoms with Crippen LogP contribution >= 0.6 is 0 Å². The van der Waals surface area contributed by atoms with Gasteiger partial charge in [-0.25, -0.2) is 4.39 Å². The highest BCUT2D eigenvalue weighted by Gasteiger charge is 2.54. The van der Waals surface area contributed by atoms with Gasteiger partial charge in [-0.3, -0.25) is 19.0 Å². The van der Waals surface area contributed by atoms with Gasteiger partial charge in [-0.05, 0) is 43.4 Å². The van der Waals surface area contributed by atoms with E-state index in [9.17, 15) is 23.9 Å². The molecular weight excluding hydrogens is 405 g/mol. The lowest BCUT2D eigenvalue weighted by Crippen LogP contribution is -2.53. The van der Waals surface area contributed by atoms with Crippen LogP contribution in [0.3, 0.4) is 0 Å². The second kappa shape index (κ2) is 6.91. The molecule has 1 saturated carbocycles. The SMILES string of the molecule is COC1CCCC12NC(=O)c1c3c(c(O)c(=O)n12)C(=O)N(Cc1ccc(F)cc1)CC3. The van der Waals surface area contributed by atoms with Crippen molar-refractivity contribution in [2.45, 2.75) is 44.0 Å². The van der Waals surface area contributed by atoms with Crippen LogP contribution in [0.2, 0.25) is 0 Å². The number of aromatic hydroxyl groups is 1. The maximum Gasteiger partial charge on any atom is 0.296 e. The van der Waals surface area contributed by atoms with Crippen LogP contribution in [0.4, 0.5) is 4.39 Å². The Morgan fingerprint density at radius 1 is 1.26 bits per heavy atom. The summed E-state index contributed by atoms with van der Waals surface area (Å²) in [6, 6.07) is 5.79. The fourth-order valence-electron chi connectivity index (χ4n) is 5.25. The van der Waals surface area contributed by atoms with Gasteiger partial charge in [-0.2, -0.15) is 0 Å². The number of amides is 2. The summed E-state index contributed by atoms with van der Waals surface area (Å²) in [5.74, 6) is -1.98. The van der Waals surface area contributed by atoms with E-state index in [-0.39, 0.29) is 23.6 Å². The summed E-state index contributed by atoms with van der Waals surface area (Å²) in [7, 11) is 1.53. The Kier molecular flexibility index (Phi) is 4.40. The zero-order valence-electron chi connectivity index (χ0n) is 17.0. The maximum atomic E-state index is 13.2. The van der Waals surface area contributed by atoms with Crippen molar-refractivity contribution in [3.63, 3.8) is 0 Å². The van der Waals surface area contributed by atoms with Crippen LogP contribution in [0.1, 0.15) is 51.2 Å². The molecule has 2 unspecified atom stereocenters. The van der Waals surface area contributed by atoms with Crippen molar-refractivity contribution in [1.29, 1.82) is 0 Å². The number of hydrogen-bond donors (Lipinski definition) is 2.